The van der Waals surface area contributed by atoms with E-state index >= 15 is 0 Å². The molecular formula is C96H217F5N8O30. The standard InChI is InChI=1S/C8H17NO2.C8H17NO.C7H15NO2.C7H15NO.C6H13NO.C6H14O2.C5H11NO.C5H13NO.C5H10O2.C4H9NO2.C4H8O2.2C4H10O2.C4H8O.C4H10O.C3H8O2.2C3H8O.C2H3F3O.C2H4F2O.C2H6O/c1-10-6-2-3-9-4-7-11-8-5-9;1-10-8-7-9-5-3-2-4-6-9;1-9-5-2-8-3-6-10-7-4-8;1-8-5-3-4-7(8)6-9-2;1-8-6-5-7-3-2-4-7;1-6(2,7)4-5-8-3;1-6-3-5(4-6)7-2;1-6(2)4-5-7-3;1-6-5-2-3-7-4-5;1-5-4(6)3-7-2;1-5-4-2-6-3-4;1-5-3-4-6-2;1-6-4-2-3-5;1-5-4-2-3-4;1-3-4-5-2;1-5-3-2-4;2*1-3-4-2;1-6-2(3,4)5;1-5-2(3)4;1-3-2/h2-8H2,1H3;2-8H2,1H3;2-7H2,1H3;7H,3-6H2,1-2H3;2-6H2,1H3;7H,4-5H2,1-3H3;5H,3-4H2,1-2H3;4-5H2,1-3H3;5H,2-4H2,1H3;3H2,1-2H3,(H,5,6);4H,2-3H2,1H3;3-4H2,1-2H3;5H,2-4H2,1H3;4H,2-3H2,1H3;3-4H2,1-2H3;4H,2-3H2,1H3;2*3H2,1-2H3;1H3;2H,1H3;1-2H3. The third-order valence-electron chi connectivity index (χ3n) is 18.6. The lowest BCUT2D eigenvalue weighted by atomic mass is 10.1. The van der Waals surface area contributed by atoms with E-state index in [0.29, 0.717) is 77.0 Å². The Kier molecular flexibility index (Phi) is 163. The monoisotopic (exact) mass is 2060 g/mol. The van der Waals surface area contributed by atoms with Gasteiger partial charge >= 0.3 is 13.0 Å². The highest BCUT2D eigenvalue weighted by atomic mass is 19.4. The van der Waals surface area contributed by atoms with Crippen molar-refractivity contribution in [3.63, 3.8) is 0 Å². The predicted molar refractivity (Wildman–Crippen MR) is 543 cm³/mol. The second kappa shape index (κ2) is 140. The fourth-order valence-electron chi connectivity index (χ4n) is 9.56. The van der Waals surface area contributed by atoms with Crippen LogP contribution in [0.3, 0.4) is 0 Å². The van der Waals surface area contributed by atoms with Gasteiger partial charge in [0.15, 0.2) is 0 Å². The highest BCUT2D eigenvalue weighted by Gasteiger charge is 2.26. The van der Waals surface area contributed by atoms with E-state index in [-0.39, 0.29) is 25.7 Å². The number of rotatable bonds is 40. The van der Waals surface area contributed by atoms with E-state index in [9.17, 15) is 26.7 Å². The number of piperidine rings is 1. The van der Waals surface area contributed by atoms with Gasteiger partial charge in [0.2, 0.25) is 5.91 Å². The average molecular weight is 2060 g/mol. The van der Waals surface area contributed by atoms with Crippen LogP contribution >= 0.6 is 0 Å². The second-order valence-corrected chi connectivity index (χ2v) is 31.6. The van der Waals surface area contributed by atoms with Gasteiger partial charge in [-0.2, -0.15) is 8.78 Å². The summed E-state index contributed by atoms with van der Waals surface area (Å²) in [4.78, 5) is 26.5. The van der Waals surface area contributed by atoms with Crippen LogP contribution in [-0.4, -0.2) is 573 Å². The van der Waals surface area contributed by atoms with Crippen molar-refractivity contribution in [2.24, 2.45) is 0 Å². The van der Waals surface area contributed by atoms with Crippen molar-refractivity contribution in [2.75, 3.05) is 469 Å². The Morgan fingerprint density at radius 3 is 1.00 bits per heavy atom. The number of aliphatic hydroxyl groups is 3. The quantitative estimate of drug-likeness (QED) is 0.0329. The molecule has 0 aromatic rings. The number of alkyl halides is 5. The molecule has 9 aliphatic rings. The van der Waals surface area contributed by atoms with E-state index in [1.807, 2.05) is 27.9 Å². The molecule has 0 radical (unpaired) electrons. The van der Waals surface area contributed by atoms with Gasteiger partial charge < -0.3 is 164 Å². The van der Waals surface area contributed by atoms with Crippen LogP contribution in [0.25, 0.3) is 0 Å². The summed E-state index contributed by atoms with van der Waals surface area (Å²) >= 11 is 0. The second-order valence-electron chi connectivity index (χ2n) is 31.6. The van der Waals surface area contributed by atoms with Crippen molar-refractivity contribution in [1.82, 2.24) is 39.6 Å². The van der Waals surface area contributed by atoms with Crippen molar-refractivity contribution >= 4 is 5.91 Å². The molecule has 0 aromatic carbocycles. The molecule has 8 saturated heterocycles. The summed E-state index contributed by atoms with van der Waals surface area (Å²) in [6.45, 7) is 43.4. The molecule has 9 fully saturated rings. The van der Waals surface area contributed by atoms with Crippen LogP contribution in [0, 0.1) is 0 Å². The number of likely N-dealkylation sites (N-methyl/N-ethyl adjacent to an activating group) is 4. The summed E-state index contributed by atoms with van der Waals surface area (Å²) in [5.74, 6) is -0.0949. The number of hydrogen-bond donors (Lipinski definition) is 4. The van der Waals surface area contributed by atoms with Crippen LogP contribution < -0.4 is 5.32 Å². The fraction of sp³-hybridized carbons (Fsp3) is 0.990. The van der Waals surface area contributed by atoms with Crippen LogP contribution in [0.15, 0.2) is 0 Å². The highest BCUT2D eigenvalue weighted by Crippen LogP contribution is 2.22. The summed E-state index contributed by atoms with van der Waals surface area (Å²) in [7, 11) is 46.8. The third-order valence-corrected chi connectivity index (χ3v) is 18.6. The summed E-state index contributed by atoms with van der Waals surface area (Å²) < 4.78 is 174. The van der Waals surface area contributed by atoms with Crippen molar-refractivity contribution in [3.8, 4) is 0 Å². The first kappa shape index (κ1) is 162. The number of halogens is 5. The molecule has 2 unspecified atom stereocenters. The van der Waals surface area contributed by atoms with Crippen molar-refractivity contribution in [3.05, 3.63) is 0 Å². The van der Waals surface area contributed by atoms with Crippen LogP contribution in [-0.2, 0) is 128 Å². The zero-order valence-corrected chi connectivity index (χ0v) is 94.0. The Hall–Kier alpha value is -2.32. The normalized spacial score (nSPS) is 16.9. The van der Waals surface area contributed by atoms with Gasteiger partial charge in [-0.25, -0.2) is 0 Å². The number of methoxy groups -OCH3 is 22. The van der Waals surface area contributed by atoms with Gasteiger partial charge in [-0.15, -0.1) is 13.2 Å². The summed E-state index contributed by atoms with van der Waals surface area (Å²) in [5.41, 5.74) is -0.573. The number of hydrogen-bond acceptors (Lipinski definition) is 37. The molecule has 8 heterocycles. The maximum Gasteiger partial charge on any atom is 0.522 e. The minimum absolute atomic E-state index is 0.0949. The third kappa shape index (κ3) is 166. The molecule has 0 aromatic heterocycles. The smallest absolute Gasteiger partial charge is 0.396 e. The molecular weight excluding hydrogens is 1840 g/mol. The molecule has 2 atom stereocenters. The lowest BCUT2D eigenvalue weighted by molar-refractivity contribution is -0.311. The SMILES string of the molecule is CCCOC.CCOC.CCOC.CNC(=O)COC.COC.COC(F)(F)F.COC(F)F.COC1CC1.COC1CCOC1.COC1CN(C)C1.COC1COC1.COCC1CCCN1C.COCCC(C)(C)O.COCCCN1CCOCC1.COCCCO.COCCN(C)C.COCCN1CCC1.COCCN1CCCCC1.COCCN1CCOCC1.COCCO.COCCOC. The van der Waals surface area contributed by atoms with Crippen LogP contribution in [0.5, 0.6) is 0 Å². The van der Waals surface area contributed by atoms with E-state index < -0.39 is 18.6 Å². The minimum atomic E-state index is -4.46. The first-order chi connectivity index (χ1) is 66.6. The zero-order chi connectivity index (χ0) is 108. The average Bonchev–Trinajstić information content (AvgIpc) is 1.37. The lowest BCUT2D eigenvalue weighted by Crippen LogP contribution is -2.48. The number of carbonyl (C=O) groups is 1. The van der Waals surface area contributed by atoms with Gasteiger partial charge in [0.25, 0.3) is 0 Å². The van der Waals surface area contributed by atoms with Gasteiger partial charge in [0.1, 0.15) is 12.7 Å². The zero-order valence-electron chi connectivity index (χ0n) is 94.0. The van der Waals surface area contributed by atoms with E-state index in [1.165, 1.54) is 91.2 Å². The van der Waals surface area contributed by atoms with Gasteiger partial charge in [-0.3, -0.25) is 19.3 Å². The van der Waals surface area contributed by atoms with Crippen molar-refractivity contribution < 1.29 is 165 Å². The molecule has 1 amide bonds. The lowest BCUT2D eigenvalue weighted by Gasteiger charge is -2.34. The maximum absolute atomic E-state index is 10.6. The molecule has 1 saturated carbocycles. The number of ether oxygens (including phenoxy) is 26. The molecule has 38 nitrogen and oxygen atoms in total. The maximum atomic E-state index is 10.6. The van der Waals surface area contributed by atoms with Crippen molar-refractivity contribution in [2.45, 2.75) is 167 Å². The van der Waals surface area contributed by atoms with Crippen LogP contribution in [0.1, 0.15) is 118 Å². The first-order valence-corrected chi connectivity index (χ1v) is 48.2. The molecule has 0 spiro atoms. The Labute approximate surface area is 843 Å². The summed E-state index contributed by atoms with van der Waals surface area (Å²) in [5, 5.41) is 27.5. The topological polar surface area (TPSA) is 352 Å². The minimum Gasteiger partial charge on any atom is -0.396 e. The van der Waals surface area contributed by atoms with E-state index in [1.54, 1.807) is 163 Å². The number of likely N-dealkylation sites (tertiary alicyclic amines) is 4. The number of nitrogens with zero attached hydrogens (tertiary/aromatic N) is 7. The molecule has 139 heavy (non-hydrogen) atoms. The molecule has 856 valence electrons. The largest absolute Gasteiger partial charge is 0.522 e. The predicted octanol–water partition coefficient (Wildman–Crippen LogP) is 8.60. The Balaban J connectivity index is -0.000000123. The first-order valence-electron chi connectivity index (χ1n) is 48.2. The Morgan fingerprint density at radius 1 is 0.424 bits per heavy atom. The summed E-state index contributed by atoms with van der Waals surface area (Å²) in [6, 6.07) is 0.690. The van der Waals surface area contributed by atoms with E-state index in [2.05, 4.69) is 108 Å². The van der Waals surface area contributed by atoms with E-state index in [0.717, 1.165) is 217 Å². The van der Waals surface area contributed by atoms with Gasteiger partial charge in [-0.1, -0.05) is 13.3 Å². The van der Waals surface area contributed by atoms with E-state index in [4.69, 9.17) is 91.1 Å². The fourth-order valence-corrected chi connectivity index (χ4v) is 9.56. The molecule has 4 N–H and O–H groups in total. The van der Waals surface area contributed by atoms with Gasteiger partial charge in [-0.05, 0) is 166 Å². The molecule has 8 aliphatic heterocycles. The summed E-state index contributed by atoms with van der Waals surface area (Å²) in [6.07, 6.45) is 13.0. The van der Waals surface area contributed by atoms with Gasteiger partial charge in [0.05, 0.1) is 130 Å². The Morgan fingerprint density at radius 2 is 0.813 bits per heavy atom. The molecule has 0 bridgehead atoms. The number of nitrogens with one attached hydrogen (secondary N) is 1. The number of carbonyl (C=O) groups excluding carboxylic acids is 1. The highest BCUT2D eigenvalue weighted by molar-refractivity contribution is 5.76. The van der Waals surface area contributed by atoms with Crippen LogP contribution in [0.4, 0.5) is 22.0 Å². The number of amides is 1. The molecule has 43 heteroatoms. The Bertz CT molecular complexity index is 2000. The molecule has 9 rings (SSSR count). The number of morpholine rings is 2. The molecule has 1 aliphatic carbocycles. The number of aliphatic hydroxyl groups excluding tert-OH is 2. The van der Waals surface area contributed by atoms with Crippen LogP contribution in [0.2, 0.25) is 0 Å². The van der Waals surface area contributed by atoms with Crippen molar-refractivity contribution in [1.29, 1.82) is 0 Å². The van der Waals surface area contributed by atoms with Gasteiger partial charge in [0, 0.05) is 301 Å².